The molecule has 0 fully saturated rings. The van der Waals surface area contributed by atoms with Gasteiger partial charge < -0.3 is 9.47 Å². The van der Waals surface area contributed by atoms with E-state index in [9.17, 15) is 9.18 Å². The maximum atomic E-state index is 13.9. The molecule has 0 aliphatic heterocycles. The van der Waals surface area contributed by atoms with Gasteiger partial charge >= 0.3 is 0 Å². The SMILES string of the molecule is CCOc1cc(/C=N\NC(=O)c2ccc(C#N)cc2F)cc(Br)c1OC(C)C. The third-order valence-corrected chi connectivity index (χ3v) is 4.00. The predicted octanol–water partition coefficient (Wildman–Crippen LogP) is 4.41. The summed E-state index contributed by atoms with van der Waals surface area (Å²) in [6, 6.07) is 8.89. The van der Waals surface area contributed by atoms with Gasteiger partial charge in [0, 0.05) is 0 Å². The number of rotatable bonds is 7. The average molecular weight is 448 g/mol. The van der Waals surface area contributed by atoms with Crippen molar-refractivity contribution in [3.63, 3.8) is 0 Å². The molecular formula is C20H19BrFN3O3. The number of nitrogens with zero attached hydrogens (tertiary/aromatic N) is 2. The van der Waals surface area contributed by atoms with Gasteiger partial charge in [0.1, 0.15) is 5.82 Å². The lowest BCUT2D eigenvalue weighted by atomic mass is 10.1. The Bertz CT molecular complexity index is 939. The zero-order valence-electron chi connectivity index (χ0n) is 15.6. The maximum absolute atomic E-state index is 13.9. The smallest absolute Gasteiger partial charge is 0.274 e. The van der Waals surface area contributed by atoms with Gasteiger partial charge in [-0.2, -0.15) is 10.4 Å². The number of carbonyl (C=O) groups excluding carboxylic acids is 1. The van der Waals surface area contributed by atoms with Gasteiger partial charge in [-0.1, -0.05) is 0 Å². The van der Waals surface area contributed by atoms with Gasteiger partial charge in [-0.25, -0.2) is 9.82 Å². The van der Waals surface area contributed by atoms with E-state index in [0.29, 0.717) is 28.1 Å². The first-order chi connectivity index (χ1) is 13.3. The molecule has 0 aromatic heterocycles. The number of hydrogen-bond acceptors (Lipinski definition) is 5. The van der Waals surface area contributed by atoms with Gasteiger partial charge in [-0.05, 0) is 72.6 Å². The monoisotopic (exact) mass is 447 g/mol. The summed E-state index contributed by atoms with van der Waals surface area (Å²) in [5.41, 5.74) is 2.84. The number of halogens is 2. The van der Waals surface area contributed by atoms with E-state index >= 15 is 0 Å². The fourth-order valence-electron chi connectivity index (χ4n) is 2.27. The van der Waals surface area contributed by atoms with Crippen LogP contribution in [0.4, 0.5) is 4.39 Å². The number of nitriles is 1. The molecule has 1 amide bonds. The summed E-state index contributed by atoms with van der Waals surface area (Å²) in [6.45, 7) is 6.14. The fourth-order valence-corrected chi connectivity index (χ4v) is 2.82. The molecule has 0 saturated carbocycles. The lowest BCUT2D eigenvalue weighted by Gasteiger charge is -2.16. The molecule has 0 unspecified atom stereocenters. The first-order valence-corrected chi connectivity index (χ1v) is 9.31. The maximum Gasteiger partial charge on any atom is 0.274 e. The van der Waals surface area contributed by atoms with Crippen LogP contribution in [-0.2, 0) is 0 Å². The van der Waals surface area contributed by atoms with Crippen LogP contribution >= 0.6 is 15.9 Å². The zero-order chi connectivity index (χ0) is 20.7. The Morgan fingerprint density at radius 2 is 2.14 bits per heavy atom. The number of amides is 1. The molecule has 0 atom stereocenters. The molecule has 0 radical (unpaired) electrons. The molecule has 1 N–H and O–H groups in total. The Labute approximate surface area is 171 Å². The van der Waals surface area contributed by atoms with E-state index in [1.165, 1.54) is 18.3 Å². The summed E-state index contributed by atoms with van der Waals surface area (Å²) >= 11 is 3.45. The van der Waals surface area contributed by atoms with Crippen molar-refractivity contribution in [2.75, 3.05) is 6.61 Å². The van der Waals surface area contributed by atoms with Crippen molar-refractivity contribution in [1.82, 2.24) is 5.43 Å². The van der Waals surface area contributed by atoms with E-state index in [-0.39, 0.29) is 17.2 Å². The third kappa shape index (κ3) is 5.54. The van der Waals surface area contributed by atoms with Gasteiger partial charge in [-0.3, -0.25) is 4.79 Å². The first-order valence-electron chi connectivity index (χ1n) is 8.51. The largest absolute Gasteiger partial charge is 0.490 e. The Kier molecular flexibility index (Phi) is 7.52. The lowest BCUT2D eigenvalue weighted by molar-refractivity contribution is 0.0951. The van der Waals surface area contributed by atoms with Gasteiger partial charge in [0.25, 0.3) is 5.91 Å². The number of benzene rings is 2. The van der Waals surface area contributed by atoms with Gasteiger partial charge in [0.05, 0.1) is 40.6 Å². The fraction of sp³-hybridized carbons (Fsp3) is 0.250. The Balaban J connectivity index is 2.17. The van der Waals surface area contributed by atoms with Crippen molar-refractivity contribution in [2.45, 2.75) is 26.9 Å². The molecular weight excluding hydrogens is 429 g/mol. The molecule has 0 saturated heterocycles. The van der Waals surface area contributed by atoms with Crippen LogP contribution in [-0.4, -0.2) is 24.8 Å². The highest BCUT2D eigenvalue weighted by atomic mass is 79.9. The van der Waals surface area contributed by atoms with Crippen LogP contribution in [0.5, 0.6) is 11.5 Å². The molecule has 0 heterocycles. The molecule has 0 aliphatic rings. The minimum absolute atomic E-state index is 0.0309. The number of hydrazone groups is 1. The van der Waals surface area contributed by atoms with Crippen LogP contribution in [0.1, 0.15) is 42.3 Å². The molecule has 2 aromatic rings. The van der Waals surface area contributed by atoms with E-state index in [2.05, 4.69) is 26.5 Å². The standard InChI is InChI=1S/C20H19BrFN3O3/c1-4-27-18-9-14(7-16(21)19(18)28-12(2)3)11-24-25-20(26)15-6-5-13(10-23)8-17(15)22/h5-9,11-12H,4H2,1-3H3,(H,25,26)/b24-11-. The minimum atomic E-state index is -0.789. The lowest BCUT2D eigenvalue weighted by Crippen LogP contribution is -2.19. The molecule has 0 bridgehead atoms. The molecule has 2 rings (SSSR count). The van der Waals surface area contributed by atoms with E-state index in [4.69, 9.17) is 14.7 Å². The third-order valence-electron chi connectivity index (χ3n) is 3.41. The van der Waals surface area contributed by atoms with Crippen LogP contribution in [0, 0.1) is 17.1 Å². The van der Waals surface area contributed by atoms with Crippen molar-refractivity contribution >= 4 is 28.1 Å². The van der Waals surface area contributed by atoms with Crippen LogP contribution in [0.25, 0.3) is 0 Å². The van der Waals surface area contributed by atoms with Gasteiger partial charge in [-0.15, -0.1) is 0 Å². The number of nitrogens with one attached hydrogen (secondary N) is 1. The highest BCUT2D eigenvalue weighted by molar-refractivity contribution is 9.10. The molecule has 0 spiro atoms. The Hall–Kier alpha value is -2.92. The van der Waals surface area contributed by atoms with Gasteiger partial charge in [0.15, 0.2) is 11.5 Å². The summed E-state index contributed by atoms with van der Waals surface area (Å²) in [5, 5.41) is 12.6. The summed E-state index contributed by atoms with van der Waals surface area (Å²) in [4.78, 5) is 12.1. The topological polar surface area (TPSA) is 83.7 Å². The molecule has 2 aromatic carbocycles. The van der Waals surface area contributed by atoms with Crippen LogP contribution in [0.3, 0.4) is 0 Å². The van der Waals surface area contributed by atoms with E-state index < -0.39 is 11.7 Å². The zero-order valence-corrected chi connectivity index (χ0v) is 17.2. The number of hydrogen-bond donors (Lipinski definition) is 1. The average Bonchev–Trinajstić information content (AvgIpc) is 2.64. The molecule has 28 heavy (non-hydrogen) atoms. The summed E-state index contributed by atoms with van der Waals surface area (Å²) in [7, 11) is 0. The Morgan fingerprint density at radius 3 is 2.75 bits per heavy atom. The van der Waals surface area contributed by atoms with Crippen LogP contribution < -0.4 is 14.9 Å². The first kappa shape index (κ1) is 21.4. The number of carbonyl (C=O) groups is 1. The molecule has 8 heteroatoms. The summed E-state index contributed by atoms with van der Waals surface area (Å²) in [5.74, 6) is -0.389. The van der Waals surface area contributed by atoms with Gasteiger partial charge in [0.2, 0.25) is 0 Å². The highest BCUT2D eigenvalue weighted by Crippen LogP contribution is 2.37. The van der Waals surface area contributed by atoms with Crippen LogP contribution in [0.15, 0.2) is 39.9 Å². The van der Waals surface area contributed by atoms with Crippen molar-refractivity contribution in [3.8, 4) is 17.6 Å². The molecule has 0 aliphatic carbocycles. The van der Waals surface area contributed by atoms with Crippen molar-refractivity contribution in [1.29, 1.82) is 5.26 Å². The van der Waals surface area contributed by atoms with Crippen molar-refractivity contribution < 1.29 is 18.7 Å². The summed E-state index contributed by atoms with van der Waals surface area (Å²) < 4.78 is 25.9. The normalized spacial score (nSPS) is 10.8. The second-order valence-corrected chi connectivity index (χ2v) is 6.79. The second-order valence-electron chi connectivity index (χ2n) is 5.94. The molecule has 6 nitrogen and oxygen atoms in total. The van der Waals surface area contributed by atoms with E-state index in [0.717, 1.165) is 6.07 Å². The minimum Gasteiger partial charge on any atom is -0.490 e. The van der Waals surface area contributed by atoms with Crippen molar-refractivity contribution in [2.24, 2.45) is 5.10 Å². The second kappa shape index (κ2) is 9.85. The van der Waals surface area contributed by atoms with E-state index in [1.54, 1.807) is 12.1 Å². The van der Waals surface area contributed by atoms with Crippen molar-refractivity contribution in [3.05, 3.63) is 57.3 Å². The van der Waals surface area contributed by atoms with Crippen LogP contribution in [0.2, 0.25) is 0 Å². The Morgan fingerprint density at radius 1 is 1.39 bits per heavy atom. The highest BCUT2D eigenvalue weighted by Gasteiger charge is 2.14. The van der Waals surface area contributed by atoms with E-state index in [1.807, 2.05) is 26.8 Å². The molecule has 146 valence electrons. The summed E-state index contributed by atoms with van der Waals surface area (Å²) in [6.07, 6.45) is 1.38. The number of ether oxygens (including phenoxy) is 2. The predicted molar refractivity (Wildman–Crippen MR) is 107 cm³/mol. The quantitative estimate of drug-likeness (QED) is 0.503.